The number of aromatic nitrogens is 4. The highest BCUT2D eigenvalue weighted by Crippen LogP contribution is 2.29. The van der Waals surface area contributed by atoms with Gasteiger partial charge in [0.15, 0.2) is 0 Å². The summed E-state index contributed by atoms with van der Waals surface area (Å²) < 4.78 is 7.25. The third kappa shape index (κ3) is 4.12. The van der Waals surface area contributed by atoms with Gasteiger partial charge in [-0.25, -0.2) is 9.67 Å². The van der Waals surface area contributed by atoms with E-state index in [-0.39, 0.29) is 5.91 Å². The fraction of sp³-hybridized carbons (Fsp3) is 0.238. The van der Waals surface area contributed by atoms with Gasteiger partial charge >= 0.3 is 0 Å². The molecule has 1 aromatic carbocycles. The van der Waals surface area contributed by atoms with Crippen LogP contribution in [0.1, 0.15) is 32.9 Å². The first-order valence-corrected chi connectivity index (χ1v) is 11.2. The lowest BCUT2D eigenvalue weighted by molar-refractivity contribution is 0.0954. The Balaban J connectivity index is 1.55. The molecule has 3 heterocycles. The molecule has 0 saturated heterocycles. The van der Waals surface area contributed by atoms with Gasteiger partial charge in [0.25, 0.3) is 5.91 Å². The number of carbonyl (C=O) groups is 1. The van der Waals surface area contributed by atoms with E-state index in [4.69, 9.17) is 4.74 Å². The molecule has 0 saturated carbocycles. The van der Waals surface area contributed by atoms with E-state index in [0.717, 1.165) is 22.0 Å². The maximum Gasteiger partial charge on any atom is 0.263 e. The number of nitrogens with one attached hydrogen (secondary N) is 1. The maximum absolute atomic E-state index is 12.6. The molecule has 1 amide bonds. The normalized spacial score (nSPS) is 10.9. The Morgan fingerprint density at radius 1 is 1.20 bits per heavy atom. The van der Waals surface area contributed by atoms with E-state index in [2.05, 4.69) is 20.6 Å². The van der Waals surface area contributed by atoms with Gasteiger partial charge in [-0.05, 0) is 56.5 Å². The lowest BCUT2D eigenvalue weighted by Crippen LogP contribution is -2.22. The standard InChI is InChI=1S/C21H21N5O2S2/c1-4-28-16-9-7-15(8-10-16)26-14(3)18(24-25-26)21-23-13(2)19(30-21)20(27)22-12-17-6-5-11-29-17/h5-11H,4,12H2,1-3H3,(H,22,27). The Morgan fingerprint density at radius 2 is 2.00 bits per heavy atom. The van der Waals surface area contributed by atoms with Crippen LogP contribution in [-0.2, 0) is 6.54 Å². The number of hydrogen-bond acceptors (Lipinski definition) is 7. The smallest absolute Gasteiger partial charge is 0.263 e. The maximum atomic E-state index is 12.6. The number of thiophene rings is 1. The van der Waals surface area contributed by atoms with Crippen LogP contribution in [0.4, 0.5) is 0 Å². The molecule has 0 atom stereocenters. The number of rotatable bonds is 7. The molecular weight excluding hydrogens is 418 g/mol. The van der Waals surface area contributed by atoms with Crippen molar-refractivity contribution < 1.29 is 9.53 Å². The van der Waals surface area contributed by atoms with Crippen LogP contribution >= 0.6 is 22.7 Å². The van der Waals surface area contributed by atoms with Crippen LogP contribution in [0.2, 0.25) is 0 Å². The highest BCUT2D eigenvalue weighted by Gasteiger charge is 2.20. The van der Waals surface area contributed by atoms with Gasteiger partial charge in [0, 0.05) is 4.88 Å². The number of carbonyl (C=O) groups excluding carboxylic acids is 1. The molecule has 0 radical (unpaired) electrons. The summed E-state index contributed by atoms with van der Waals surface area (Å²) in [5.41, 5.74) is 3.11. The van der Waals surface area contributed by atoms with Crippen molar-refractivity contribution in [1.82, 2.24) is 25.3 Å². The average Bonchev–Trinajstić information content (AvgIpc) is 3.47. The predicted molar refractivity (Wildman–Crippen MR) is 119 cm³/mol. The van der Waals surface area contributed by atoms with E-state index in [1.807, 2.05) is 62.5 Å². The topological polar surface area (TPSA) is 81.9 Å². The minimum Gasteiger partial charge on any atom is -0.494 e. The molecule has 0 bridgehead atoms. The fourth-order valence-electron chi connectivity index (χ4n) is 2.99. The van der Waals surface area contributed by atoms with E-state index < -0.39 is 0 Å². The summed E-state index contributed by atoms with van der Waals surface area (Å²) in [4.78, 5) is 18.9. The zero-order valence-electron chi connectivity index (χ0n) is 16.9. The van der Waals surface area contributed by atoms with Crippen LogP contribution in [0.25, 0.3) is 16.4 Å². The molecule has 7 nitrogen and oxygen atoms in total. The number of aryl methyl sites for hydroxylation is 1. The molecule has 0 fully saturated rings. The summed E-state index contributed by atoms with van der Waals surface area (Å²) in [7, 11) is 0. The molecule has 9 heteroatoms. The van der Waals surface area contributed by atoms with Crippen LogP contribution < -0.4 is 10.1 Å². The van der Waals surface area contributed by atoms with E-state index in [9.17, 15) is 4.79 Å². The molecule has 0 aliphatic rings. The molecule has 154 valence electrons. The van der Waals surface area contributed by atoms with Crippen molar-refractivity contribution >= 4 is 28.6 Å². The monoisotopic (exact) mass is 439 g/mol. The highest BCUT2D eigenvalue weighted by molar-refractivity contribution is 7.17. The third-order valence-corrected chi connectivity index (χ3v) is 6.53. The van der Waals surface area contributed by atoms with Gasteiger partial charge < -0.3 is 10.1 Å². The number of hydrogen-bond donors (Lipinski definition) is 1. The number of ether oxygens (including phenoxy) is 1. The largest absolute Gasteiger partial charge is 0.494 e. The van der Waals surface area contributed by atoms with Crippen molar-refractivity contribution in [3.8, 4) is 22.1 Å². The Kier molecular flexibility index (Phi) is 5.91. The molecule has 0 unspecified atom stereocenters. The quantitative estimate of drug-likeness (QED) is 0.462. The summed E-state index contributed by atoms with van der Waals surface area (Å²) in [6.07, 6.45) is 0. The Labute approximate surface area is 182 Å². The van der Waals surface area contributed by atoms with Crippen molar-refractivity contribution in [2.75, 3.05) is 6.61 Å². The van der Waals surface area contributed by atoms with Crippen LogP contribution in [0.3, 0.4) is 0 Å². The molecule has 4 aromatic rings. The van der Waals surface area contributed by atoms with Crippen molar-refractivity contribution in [3.63, 3.8) is 0 Å². The lowest BCUT2D eigenvalue weighted by atomic mass is 10.3. The van der Waals surface area contributed by atoms with Crippen molar-refractivity contribution in [2.45, 2.75) is 27.3 Å². The first-order valence-electron chi connectivity index (χ1n) is 9.50. The Hall–Kier alpha value is -3.04. The second kappa shape index (κ2) is 8.76. The molecular formula is C21H21N5O2S2. The number of amides is 1. The van der Waals surface area contributed by atoms with Gasteiger partial charge in [0.2, 0.25) is 0 Å². The second-order valence-electron chi connectivity index (χ2n) is 6.56. The van der Waals surface area contributed by atoms with E-state index in [1.165, 1.54) is 11.3 Å². The van der Waals surface area contributed by atoms with Crippen LogP contribution in [-0.4, -0.2) is 32.5 Å². The first-order chi connectivity index (χ1) is 14.6. The summed E-state index contributed by atoms with van der Waals surface area (Å²) in [6.45, 7) is 6.87. The molecule has 0 aliphatic carbocycles. The van der Waals surface area contributed by atoms with E-state index >= 15 is 0 Å². The molecule has 3 aromatic heterocycles. The number of benzene rings is 1. The lowest BCUT2D eigenvalue weighted by Gasteiger charge is -2.06. The predicted octanol–water partition coefficient (Wildman–Crippen LogP) is 4.40. The van der Waals surface area contributed by atoms with Crippen LogP contribution in [0.15, 0.2) is 41.8 Å². The molecule has 0 aliphatic heterocycles. The minimum atomic E-state index is -0.124. The first kappa shape index (κ1) is 20.2. The van der Waals surface area contributed by atoms with E-state index in [0.29, 0.717) is 34.4 Å². The van der Waals surface area contributed by atoms with Crippen molar-refractivity contribution in [1.29, 1.82) is 0 Å². The van der Waals surface area contributed by atoms with E-state index in [1.54, 1.807) is 16.0 Å². The average molecular weight is 440 g/mol. The highest BCUT2D eigenvalue weighted by atomic mass is 32.1. The molecule has 4 rings (SSSR count). The summed E-state index contributed by atoms with van der Waals surface area (Å²) >= 11 is 2.95. The fourth-order valence-corrected chi connectivity index (χ4v) is 4.66. The Bertz CT molecular complexity index is 1150. The van der Waals surface area contributed by atoms with Crippen LogP contribution in [0, 0.1) is 13.8 Å². The number of thiazole rings is 1. The second-order valence-corrected chi connectivity index (χ2v) is 8.59. The summed E-state index contributed by atoms with van der Waals surface area (Å²) in [6, 6.07) is 11.7. The molecule has 30 heavy (non-hydrogen) atoms. The van der Waals surface area contributed by atoms with Gasteiger partial charge in [-0.1, -0.05) is 11.3 Å². The SMILES string of the molecule is CCOc1ccc(-n2nnc(-c3nc(C)c(C(=O)NCc4cccs4)s3)c2C)cc1. The summed E-state index contributed by atoms with van der Waals surface area (Å²) in [5.74, 6) is 0.689. The van der Waals surface area contributed by atoms with Crippen LogP contribution in [0.5, 0.6) is 5.75 Å². The third-order valence-electron chi connectivity index (χ3n) is 4.50. The van der Waals surface area contributed by atoms with Crippen molar-refractivity contribution in [2.24, 2.45) is 0 Å². The summed E-state index contributed by atoms with van der Waals surface area (Å²) in [5, 5.41) is 14.2. The van der Waals surface area contributed by atoms with Gasteiger partial charge in [-0.15, -0.1) is 27.8 Å². The van der Waals surface area contributed by atoms with Crippen molar-refractivity contribution in [3.05, 3.63) is 62.9 Å². The van der Waals surface area contributed by atoms with Gasteiger partial charge in [0.05, 0.1) is 30.2 Å². The Morgan fingerprint density at radius 3 is 2.70 bits per heavy atom. The molecule has 0 spiro atoms. The minimum absolute atomic E-state index is 0.124. The van der Waals surface area contributed by atoms with Gasteiger partial charge in [-0.2, -0.15) is 0 Å². The number of nitrogens with zero attached hydrogens (tertiary/aromatic N) is 4. The van der Waals surface area contributed by atoms with Gasteiger partial charge in [-0.3, -0.25) is 4.79 Å². The zero-order valence-corrected chi connectivity index (χ0v) is 18.5. The molecule has 1 N–H and O–H groups in total. The van der Waals surface area contributed by atoms with Gasteiger partial charge in [0.1, 0.15) is 21.3 Å². The zero-order chi connectivity index (χ0) is 21.1.